The lowest BCUT2D eigenvalue weighted by Gasteiger charge is -2.17. The van der Waals surface area contributed by atoms with Crippen LogP contribution >= 0.6 is 0 Å². The van der Waals surface area contributed by atoms with E-state index in [-0.39, 0.29) is 24.3 Å². The number of nitrogens with two attached hydrogens (primary N) is 1. The normalized spacial score (nSPS) is 13.3. The van der Waals surface area contributed by atoms with E-state index >= 15 is 0 Å². The summed E-state index contributed by atoms with van der Waals surface area (Å²) >= 11 is 0. The minimum absolute atomic E-state index is 0.0470. The zero-order chi connectivity index (χ0) is 24.5. The fraction of sp³-hybridized carbons (Fsp3) is 0.400. The van der Waals surface area contributed by atoms with Crippen molar-refractivity contribution < 1.29 is 19.1 Å². The largest absolute Gasteiger partial charge is 0.493 e. The van der Waals surface area contributed by atoms with E-state index in [9.17, 15) is 9.59 Å². The van der Waals surface area contributed by atoms with Crippen molar-refractivity contribution in [2.75, 3.05) is 40.5 Å². The predicted octanol–water partition coefficient (Wildman–Crippen LogP) is 2.58. The molecule has 2 aromatic carbocycles. The third kappa shape index (κ3) is 6.95. The highest BCUT2D eigenvalue weighted by Crippen LogP contribution is 2.32. The fourth-order valence-electron chi connectivity index (χ4n) is 3.84. The molecule has 0 saturated carbocycles. The summed E-state index contributed by atoms with van der Waals surface area (Å²) in [5.74, 6) is 0.0772. The van der Waals surface area contributed by atoms with Gasteiger partial charge in [0.2, 0.25) is 5.91 Å². The first kappa shape index (κ1) is 25.0. The molecule has 2 aromatic rings. The maximum absolute atomic E-state index is 12.3. The molecule has 0 radical (unpaired) electrons. The summed E-state index contributed by atoms with van der Waals surface area (Å²) in [7, 11) is 3.48. The van der Waals surface area contributed by atoms with Gasteiger partial charge >= 0.3 is 6.03 Å². The highest BCUT2D eigenvalue weighted by molar-refractivity contribution is 5.94. The Morgan fingerprint density at radius 3 is 2.68 bits per heavy atom. The second-order valence-electron chi connectivity index (χ2n) is 8.31. The van der Waals surface area contributed by atoms with Crippen molar-refractivity contribution in [1.82, 2.24) is 15.1 Å². The van der Waals surface area contributed by atoms with E-state index in [1.165, 1.54) is 0 Å². The molecule has 34 heavy (non-hydrogen) atoms. The van der Waals surface area contributed by atoms with Crippen molar-refractivity contribution in [1.29, 1.82) is 5.41 Å². The summed E-state index contributed by atoms with van der Waals surface area (Å²) in [6.45, 7) is 3.13. The van der Waals surface area contributed by atoms with E-state index in [4.69, 9.17) is 20.6 Å². The van der Waals surface area contributed by atoms with Crippen LogP contribution in [0.15, 0.2) is 42.5 Å². The zero-order valence-corrected chi connectivity index (χ0v) is 19.8. The minimum atomic E-state index is -0.357. The van der Waals surface area contributed by atoms with Crippen LogP contribution in [0.25, 0.3) is 11.1 Å². The number of rotatable bonds is 11. The number of ether oxygens (including phenoxy) is 2. The number of likely N-dealkylation sites (N-methyl/N-ethyl adjacent to an activating group) is 1. The van der Waals surface area contributed by atoms with Crippen LogP contribution in [0.2, 0.25) is 0 Å². The molecule has 3 rings (SSSR count). The number of carbonyl (C=O) groups is 2. The first-order chi connectivity index (χ1) is 16.4. The van der Waals surface area contributed by atoms with E-state index in [2.05, 4.69) is 11.4 Å². The molecule has 9 heteroatoms. The molecule has 0 aromatic heterocycles. The quantitative estimate of drug-likeness (QED) is 0.266. The van der Waals surface area contributed by atoms with Gasteiger partial charge in [0.25, 0.3) is 0 Å². The summed E-state index contributed by atoms with van der Waals surface area (Å²) in [4.78, 5) is 27.7. The summed E-state index contributed by atoms with van der Waals surface area (Å²) in [5.41, 5.74) is 9.17. The van der Waals surface area contributed by atoms with Gasteiger partial charge in [-0.25, -0.2) is 4.79 Å². The maximum Gasteiger partial charge on any atom is 0.320 e. The van der Waals surface area contributed by atoms with Gasteiger partial charge < -0.3 is 25.0 Å². The monoisotopic (exact) mass is 467 g/mol. The Morgan fingerprint density at radius 2 is 1.97 bits per heavy atom. The average Bonchev–Trinajstić information content (AvgIpc) is 3.12. The topological polar surface area (TPSA) is 121 Å². The van der Waals surface area contributed by atoms with Crippen molar-refractivity contribution in [2.45, 2.75) is 25.8 Å². The molecule has 1 aliphatic heterocycles. The Bertz CT molecular complexity index is 1030. The Hall–Kier alpha value is -3.59. The SMILES string of the molecule is COCCCOc1cc(CCC(=O)NC(=N)N)ccc1-c1cccc(CN2CCN(C)C2=O)c1. The third-order valence-electron chi connectivity index (χ3n) is 5.63. The average molecular weight is 468 g/mol. The van der Waals surface area contributed by atoms with Crippen LogP contribution in [0.3, 0.4) is 0 Å². The van der Waals surface area contributed by atoms with Crippen LogP contribution < -0.4 is 15.8 Å². The predicted molar refractivity (Wildman–Crippen MR) is 131 cm³/mol. The van der Waals surface area contributed by atoms with Crippen molar-refractivity contribution in [3.05, 3.63) is 53.6 Å². The van der Waals surface area contributed by atoms with E-state index in [1.54, 1.807) is 12.0 Å². The smallest absolute Gasteiger partial charge is 0.320 e. The highest BCUT2D eigenvalue weighted by atomic mass is 16.5. The van der Waals surface area contributed by atoms with E-state index in [1.807, 2.05) is 48.3 Å². The number of nitrogens with one attached hydrogen (secondary N) is 2. The lowest BCUT2D eigenvalue weighted by Crippen LogP contribution is -2.35. The standard InChI is InChI=1S/C25H33N5O4/c1-29-11-12-30(25(29)32)17-19-5-3-6-20(15-19)21-9-7-18(8-10-23(31)28-24(26)27)16-22(21)34-14-4-13-33-2/h3,5-7,9,15-16H,4,8,10-14,17H2,1-2H3,(H4,26,27,28,31). The number of urea groups is 1. The van der Waals surface area contributed by atoms with Crippen molar-refractivity contribution in [3.63, 3.8) is 0 Å². The van der Waals surface area contributed by atoms with E-state index < -0.39 is 0 Å². The molecule has 3 amide bonds. The Balaban J connectivity index is 1.79. The number of benzene rings is 2. The summed E-state index contributed by atoms with van der Waals surface area (Å²) < 4.78 is 11.2. The summed E-state index contributed by atoms with van der Waals surface area (Å²) in [6.07, 6.45) is 1.47. The zero-order valence-electron chi connectivity index (χ0n) is 19.8. The molecular weight excluding hydrogens is 434 g/mol. The van der Waals surface area contributed by atoms with Crippen LogP contribution in [0.1, 0.15) is 24.0 Å². The van der Waals surface area contributed by atoms with Gasteiger partial charge in [0, 0.05) is 58.8 Å². The number of hydrogen-bond donors (Lipinski definition) is 3. The second kappa shape index (κ2) is 12.0. The lowest BCUT2D eigenvalue weighted by molar-refractivity contribution is -0.119. The molecule has 9 nitrogen and oxygen atoms in total. The Morgan fingerprint density at radius 1 is 1.15 bits per heavy atom. The Labute approximate surface area is 200 Å². The van der Waals surface area contributed by atoms with Gasteiger partial charge in [-0.05, 0) is 35.2 Å². The van der Waals surface area contributed by atoms with Gasteiger partial charge in [0.05, 0.1) is 6.61 Å². The number of aryl methyl sites for hydroxylation is 1. The van der Waals surface area contributed by atoms with Crippen LogP contribution in [0.5, 0.6) is 5.75 Å². The van der Waals surface area contributed by atoms with Gasteiger partial charge in [0.15, 0.2) is 5.96 Å². The maximum atomic E-state index is 12.3. The molecule has 182 valence electrons. The first-order valence-electron chi connectivity index (χ1n) is 11.3. The van der Waals surface area contributed by atoms with Crippen LogP contribution in [0.4, 0.5) is 4.79 Å². The van der Waals surface area contributed by atoms with Gasteiger partial charge in [0.1, 0.15) is 5.75 Å². The van der Waals surface area contributed by atoms with Gasteiger partial charge in [-0.2, -0.15) is 0 Å². The lowest BCUT2D eigenvalue weighted by atomic mass is 9.99. The number of guanidine groups is 1. The third-order valence-corrected chi connectivity index (χ3v) is 5.63. The van der Waals surface area contributed by atoms with Crippen LogP contribution in [0, 0.1) is 5.41 Å². The number of methoxy groups -OCH3 is 1. The van der Waals surface area contributed by atoms with Crippen LogP contribution in [-0.2, 0) is 22.5 Å². The molecule has 1 saturated heterocycles. The fourth-order valence-corrected chi connectivity index (χ4v) is 3.84. The molecule has 1 heterocycles. The Kier molecular flexibility index (Phi) is 8.86. The molecule has 0 atom stereocenters. The number of carbonyl (C=O) groups excluding carboxylic acids is 2. The van der Waals surface area contributed by atoms with Gasteiger partial charge in [-0.1, -0.05) is 30.3 Å². The molecule has 1 fully saturated rings. The van der Waals surface area contributed by atoms with Gasteiger partial charge in [-0.15, -0.1) is 0 Å². The molecular formula is C25H33N5O4. The molecule has 0 spiro atoms. The first-order valence-corrected chi connectivity index (χ1v) is 11.3. The number of hydrogen-bond acceptors (Lipinski definition) is 5. The minimum Gasteiger partial charge on any atom is -0.493 e. The summed E-state index contributed by atoms with van der Waals surface area (Å²) in [6, 6.07) is 14.1. The van der Waals surface area contributed by atoms with Crippen molar-refractivity contribution >= 4 is 17.9 Å². The molecule has 0 unspecified atom stereocenters. The molecule has 1 aliphatic rings. The van der Waals surface area contributed by atoms with E-state index in [0.717, 1.165) is 47.5 Å². The molecule has 0 bridgehead atoms. The highest BCUT2D eigenvalue weighted by Gasteiger charge is 2.25. The molecule has 0 aliphatic carbocycles. The second-order valence-corrected chi connectivity index (χ2v) is 8.31. The summed E-state index contributed by atoms with van der Waals surface area (Å²) in [5, 5.41) is 9.48. The van der Waals surface area contributed by atoms with Crippen LogP contribution in [-0.4, -0.2) is 68.2 Å². The number of amides is 3. The number of nitrogens with zero attached hydrogens (tertiary/aromatic N) is 2. The molecule has 4 N–H and O–H groups in total. The van der Waals surface area contributed by atoms with E-state index in [0.29, 0.717) is 26.2 Å². The van der Waals surface area contributed by atoms with Crippen molar-refractivity contribution in [2.24, 2.45) is 5.73 Å². The van der Waals surface area contributed by atoms with Crippen molar-refractivity contribution in [3.8, 4) is 16.9 Å². The van der Waals surface area contributed by atoms with Gasteiger partial charge in [-0.3, -0.25) is 15.5 Å².